The van der Waals surface area contributed by atoms with Gasteiger partial charge in [0, 0.05) is 6.61 Å². The molecule has 80 valence electrons. The minimum atomic E-state index is -1.50. The molecular weight excluding hydrogens is 180 g/mol. The number of hydrogen-bond acceptors (Lipinski definition) is 3. The molecule has 1 atom stereocenters. The Bertz CT molecular complexity index is 116. The molecule has 3 nitrogen and oxygen atoms in total. The van der Waals surface area contributed by atoms with Gasteiger partial charge in [-0.1, -0.05) is 6.92 Å². The van der Waals surface area contributed by atoms with Crippen LogP contribution in [0.25, 0.3) is 0 Å². The summed E-state index contributed by atoms with van der Waals surface area (Å²) >= 11 is 0. The topological polar surface area (TPSA) is 61.3 Å². The maximum absolute atomic E-state index is 5.92. The number of hydrogen-bond donors (Lipinski definition) is 2. The summed E-state index contributed by atoms with van der Waals surface area (Å²) < 4.78 is 5.92. The quantitative estimate of drug-likeness (QED) is 0.586. The van der Waals surface area contributed by atoms with E-state index in [4.69, 9.17) is 15.9 Å². The molecule has 0 heterocycles. The number of nitrogens with two attached hydrogens (primary N) is 2. The van der Waals surface area contributed by atoms with Crippen LogP contribution in [0.2, 0.25) is 18.1 Å². The molecule has 0 saturated heterocycles. The minimum Gasteiger partial charge on any atom is -0.417 e. The van der Waals surface area contributed by atoms with E-state index in [2.05, 4.69) is 13.8 Å². The highest BCUT2D eigenvalue weighted by Gasteiger charge is 2.30. The van der Waals surface area contributed by atoms with Gasteiger partial charge in [0.05, 0.1) is 0 Å². The van der Waals surface area contributed by atoms with Gasteiger partial charge in [0.1, 0.15) is 0 Å². The molecule has 0 aromatic carbocycles. The third kappa shape index (κ3) is 4.76. The van der Waals surface area contributed by atoms with Crippen molar-refractivity contribution in [3.8, 4) is 0 Å². The molecule has 0 bridgehead atoms. The lowest BCUT2D eigenvalue weighted by atomic mass is 10.5. The van der Waals surface area contributed by atoms with Crippen molar-refractivity contribution in [3.63, 3.8) is 0 Å². The monoisotopic (exact) mass is 204 g/mol. The molecule has 0 spiro atoms. The molecule has 4 heteroatoms. The van der Waals surface area contributed by atoms with Gasteiger partial charge in [0.15, 0.2) is 8.32 Å². The van der Waals surface area contributed by atoms with Crippen molar-refractivity contribution in [1.29, 1.82) is 0 Å². The predicted octanol–water partition coefficient (Wildman–Crippen LogP) is 1.30. The van der Waals surface area contributed by atoms with E-state index in [-0.39, 0.29) is 0 Å². The third-order valence-electron chi connectivity index (χ3n) is 2.53. The van der Waals surface area contributed by atoms with Crippen LogP contribution >= 0.6 is 0 Å². The van der Waals surface area contributed by atoms with Crippen LogP contribution < -0.4 is 11.5 Å². The Balaban J connectivity index is 4.07. The first-order valence-electron chi connectivity index (χ1n) is 5.28. The average molecular weight is 204 g/mol. The maximum Gasteiger partial charge on any atom is 0.193 e. The van der Waals surface area contributed by atoms with Gasteiger partial charge in [0.25, 0.3) is 0 Å². The molecule has 0 saturated carbocycles. The van der Waals surface area contributed by atoms with E-state index in [0.717, 1.165) is 38.2 Å². The zero-order valence-corrected chi connectivity index (χ0v) is 10.0. The molecule has 1 unspecified atom stereocenters. The Labute approximate surface area is 83.0 Å². The van der Waals surface area contributed by atoms with Gasteiger partial charge in [-0.25, -0.2) is 0 Å². The Morgan fingerprint density at radius 2 is 1.77 bits per heavy atom. The molecule has 0 aromatic heterocycles. The first-order valence-corrected chi connectivity index (χ1v) is 7.81. The van der Waals surface area contributed by atoms with E-state index in [0.29, 0.717) is 0 Å². The molecule has 0 rings (SSSR count). The molecular formula is C9H24N2OSi. The Morgan fingerprint density at radius 3 is 2.15 bits per heavy atom. The summed E-state index contributed by atoms with van der Waals surface area (Å²) in [7, 11) is -1.50. The van der Waals surface area contributed by atoms with E-state index < -0.39 is 8.32 Å². The molecule has 13 heavy (non-hydrogen) atoms. The van der Waals surface area contributed by atoms with E-state index in [9.17, 15) is 0 Å². The van der Waals surface area contributed by atoms with Crippen molar-refractivity contribution in [1.82, 2.24) is 0 Å². The highest BCUT2D eigenvalue weighted by Crippen LogP contribution is 2.22. The summed E-state index contributed by atoms with van der Waals surface area (Å²) in [5.74, 6) is 0. The molecule has 0 aromatic rings. The van der Waals surface area contributed by atoms with Crippen molar-refractivity contribution in [2.45, 2.75) is 38.4 Å². The van der Waals surface area contributed by atoms with Gasteiger partial charge < -0.3 is 15.9 Å². The Morgan fingerprint density at radius 1 is 1.08 bits per heavy atom. The first-order chi connectivity index (χ1) is 6.24. The molecule has 0 aliphatic carbocycles. The third-order valence-corrected chi connectivity index (χ3v) is 7.19. The van der Waals surface area contributed by atoms with Crippen LogP contribution in [0.3, 0.4) is 0 Å². The van der Waals surface area contributed by atoms with Crippen molar-refractivity contribution in [2.75, 3.05) is 19.7 Å². The van der Waals surface area contributed by atoms with Gasteiger partial charge in [-0.3, -0.25) is 0 Å². The normalized spacial score (nSPS) is 15.7. The minimum absolute atomic E-state index is 0.755. The van der Waals surface area contributed by atoms with Gasteiger partial charge in [-0.15, -0.1) is 0 Å². The number of rotatable bonds is 8. The standard InChI is InChI=1S/C9H24N2OSi/c1-3-12-13(4-2,9-7-11)8-5-6-10/h3-11H2,1-2H3. The summed E-state index contributed by atoms with van der Waals surface area (Å²) in [5.41, 5.74) is 11.1. The molecule has 0 radical (unpaired) electrons. The Hall–Kier alpha value is 0.0969. The highest BCUT2D eigenvalue weighted by atomic mass is 28.4. The lowest BCUT2D eigenvalue weighted by Crippen LogP contribution is -2.40. The van der Waals surface area contributed by atoms with Crippen LogP contribution in [-0.2, 0) is 4.43 Å². The van der Waals surface area contributed by atoms with Gasteiger partial charge in [-0.05, 0) is 44.6 Å². The van der Waals surface area contributed by atoms with E-state index in [1.807, 2.05) is 0 Å². The van der Waals surface area contributed by atoms with Crippen molar-refractivity contribution in [3.05, 3.63) is 0 Å². The van der Waals surface area contributed by atoms with Crippen molar-refractivity contribution >= 4 is 8.32 Å². The second-order valence-corrected chi connectivity index (χ2v) is 7.76. The second kappa shape index (κ2) is 7.50. The largest absolute Gasteiger partial charge is 0.417 e. The first kappa shape index (κ1) is 13.1. The summed E-state index contributed by atoms with van der Waals surface area (Å²) in [6.07, 6.45) is 1.08. The SMILES string of the molecule is CCO[Si](CC)(CCN)CCCN. The summed E-state index contributed by atoms with van der Waals surface area (Å²) in [6.45, 7) is 6.63. The lowest BCUT2D eigenvalue weighted by molar-refractivity contribution is 0.318. The van der Waals surface area contributed by atoms with Crippen LogP contribution in [0, 0.1) is 0 Å². The fourth-order valence-electron chi connectivity index (χ4n) is 1.72. The molecule has 0 fully saturated rings. The van der Waals surface area contributed by atoms with E-state index >= 15 is 0 Å². The summed E-state index contributed by atoms with van der Waals surface area (Å²) in [5, 5.41) is 0. The fraction of sp³-hybridized carbons (Fsp3) is 1.00. The maximum atomic E-state index is 5.92. The molecule has 0 aliphatic rings. The molecule has 4 N–H and O–H groups in total. The van der Waals surface area contributed by atoms with Crippen LogP contribution in [0.1, 0.15) is 20.3 Å². The van der Waals surface area contributed by atoms with Crippen LogP contribution in [0.15, 0.2) is 0 Å². The average Bonchev–Trinajstić information content (AvgIpc) is 2.15. The molecule has 0 aliphatic heterocycles. The van der Waals surface area contributed by atoms with E-state index in [1.165, 1.54) is 6.04 Å². The van der Waals surface area contributed by atoms with Crippen LogP contribution in [0.4, 0.5) is 0 Å². The van der Waals surface area contributed by atoms with Crippen molar-refractivity contribution < 1.29 is 4.43 Å². The van der Waals surface area contributed by atoms with E-state index in [1.54, 1.807) is 0 Å². The van der Waals surface area contributed by atoms with Gasteiger partial charge >= 0.3 is 0 Å². The fourth-order valence-corrected chi connectivity index (χ4v) is 5.16. The zero-order valence-electron chi connectivity index (χ0n) is 9.01. The highest BCUT2D eigenvalue weighted by molar-refractivity contribution is 6.73. The smallest absolute Gasteiger partial charge is 0.193 e. The predicted molar refractivity (Wildman–Crippen MR) is 60.2 cm³/mol. The molecule has 0 amide bonds. The van der Waals surface area contributed by atoms with Crippen LogP contribution in [0.5, 0.6) is 0 Å². The summed E-state index contributed by atoms with van der Waals surface area (Å²) in [6, 6.07) is 3.42. The zero-order chi connectivity index (χ0) is 10.2. The van der Waals surface area contributed by atoms with Gasteiger partial charge in [-0.2, -0.15) is 0 Å². The lowest BCUT2D eigenvalue weighted by Gasteiger charge is -2.29. The van der Waals surface area contributed by atoms with Crippen molar-refractivity contribution in [2.24, 2.45) is 11.5 Å². The van der Waals surface area contributed by atoms with Crippen LogP contribution in [-0.4, -0.2) is 28.0 Å². The Kier molecular flexibility index (Phi) is 7.55. The van der Waals surface area contributed by atoms with Gasteiger partial charge in [0.2, 0.25) is 0 Å². The second-order valence-electron chi connectivity index (χ2n) is 3.40. The summed E-state index contributed by atoms with van der Waals surface area (Å²) in [4.78, 5) is 0.